The van der Waals surface area contributed by atoms with Gasteiger partial charge in [-0.15, -0.1) is 5.73 Å². The SMILES string of the molecule is C=C=C1N(CC(C)=NC2=C(CCCCC#N)CCCC2)c2ccccc2C12CN(C(=O)OCC)C2. The number of aliphatic imine (C=N–C) groups is 1. The molecular weight excluding hydrogens is 436 g/mol. The number of para-hydroxylation sites is 1. The second-order valence-corrected chi connectivity index (χ2v) is 9.74. The molecule has 0 unspecified atom stereocenters. The number of benzene rings is 1. The Morgan fingerprint density at radius 1 is 1.23 bits per heavy atom. The van der Waals surface area contributed by atoms with Gasteiger partial charge in [0.15, 0.2) is 0 Å². The Morgan fingerprint density at radius 2 is 2.00 bits per heavy atom. The molecule has 0 N–H and O–H groups in total. The van der Waals surface area contributed by atoms with Crippen molar-refractivity contribution < 1.29 is 9.53 Å². The van der Waals surface area contributed by atoms with Crippen molar-refractivity contribution >= 4 is 17.5 Å². The molecule has 3 aliphatic rings. The predicted molar refractivity (Wildman–Crippen MR) is 139 cm³/mol. The first-order valence-electron chi connectivity index (χ1n) is 12.9. The molecule has 35 heavy (non-hydrogen) atoms. The number of nitrogens with zero attached hydrogens (tertiary/aromatic N) is 4. The molecule has 4 rings (SSSR count). The van der Waals surface area contributed by atoms with Gasteiger partial charge in [-0.05, 0) is 76.0 Å². The van der Waals surface area contributed by atoms with Crippen LogP contribution in [0.3, 0.4) is 0 Å². The summed E-state index contributed by atoms with van der Waals surface area (Å²) in [6, 6.07) is 10.7. The van der Waals surface area contributed by atoms with Gasteiger partial charge in [-0.25, -0.2) is 4.79 Å². The molecule has 0 saturated carbocycles. The molecule has 1 aromatic rings. The first-order chi connectivity index (χ1) is 17.0. The van der Waals surface area contributed by atoms with Crippen LogP contribution < -0.4 is 4.90 Å². The third kappa shape index (κ3) is 4.92. The third-order valence-corrected chi connectivity index (χ3v) is 7.33. The number of hydrogen-bond acceptors (Lipinski definition) is 5. The van der Waals surface area contributed by atoms with Gasteiger partial charge < -0.3 is 14.5 Å². The van der Waals surface area contributed by atoms with Gasteiger partial charge in [0.2, 0.25) is 0 Å². The molecule has 1 spiro atoms. The summed E-state index contributed by atoms with van der Waals surface area (Å²) in [7, 11) is 0. The predicted octanol–water partition coefficient (Wildman–Crippen LogP) is 6.26. The second kappa shape index (κ2) is 11.0. The van der Waals surface area contributed by atoms with Gasteiger partial charge in [0.1, 0.15) is 0 Å². The highest BCUT2D eigenvalue weighted by molar-refractivity contribution is 5.90. The topological polar surface area (TPSA) is 68.9 Å². The van der Waals surface area contributed by atoms with E-state index in [1.54, 1.807) is 4.90 Å². The summed E-state index contributed by atoms with van der Waals surface area (Å²) < 4.78 is 5.22. The molecule has 6 nitrogen and oxygen atoms in total. The average Bonchev–Trinajstić information content (AvgIpc) is 3.11. The Balaban J connectivity index is 1.55. The van der Waals surface area contributed by atoms with E-state index in [4.69, 9.17) is 15.0 Å². The second-order valence-electron chi connectivity index (χ2n) is 9.74. The maximum atomic E-state index is 12.3. The Hall–Kier alpha value is -3.29. The van der Waals surface area contributed by atoms with E-state index in [9.17, 15) is 4.79 Å². The summed E-state index contributed by atoms with van der Waals surface area (Å²) >= 11 is 0. The smallest absolute Gasteiger partial charge is 0.409 e. The Kier molecular flexibility index (Phi) is 7.78. The normalized spacial score (nSPS) is 18.8. The summed E-state index contributed by atoms with van der Waals surface area (Å²) in [6.45, 7) is 10.2. The van der Waals surface area contributed by atoms with Crippen molar-refractivity contribution in [1.82, 2.24) is 4.90 Å². The van der Waals surface area contributed by atoms with Gasteiger partial charge in [-0.2, -0.15) is 5.26 Å². The summed E-state index contributed by atoms with van der Waals surface area (Å²) in [5.41, 5.74) is 10.1. The van der Waals surface area contributed by atoms with Gasteiger partial charge >= 0.3 is 6.09 Å². The van der Waals surface area contributed by atoms with Crippen LogP contribution in [0, 0.1) is 11.3 Å². The number of allylic oxidation sites excluding steroid dienone is 2. The van der Waals surface area contributed by atoms with E-state index in [1.807, 2.05) is 6.92 Å². The molecule has 1 aliphatic carbocycles. The number of anilines is 1. The van der Waals surface area contributed by atoms with Crippen molar-refractivity contribution in [2.45, 2.75) is 70.6 Å². The van der Waals surface area contributed by atoms with E-state index in [1.165, 1.54) is 29.7 Å². The van der Waals surface area contributed by atoms with E-state index >= 15 is 0 Å². The summed E-state index contributed by atoms with van der Waals surface area (Å²) in [5, 5.41) is 8.82. The fourth-order valence-corrected chi connectivity index (χ4v) is 5.71. The Bertz CT molecular complexity index is 1110. The van der Waals surface area contributed by atoms with Gasteiger partial charge in [-0.3, -0.25) is 4.99 Å². The Morgan fingerprint density at radius 3 is 2.74 bits per heavy atom. The van der Waals surface area contributed by atoms with Crippen molar-refractivity contribution in [3.63, 3.8) is 0 Å². The molecule has 1 amide bonds. The minimum Gasteiger partial charge on any atom is -0.450 e. The molecule has 0 radical (unpaired) electrons. The number of ether oxygens (including phenoxy) is 1. The van der Waals surface area contributed by atoms with Crippen LogP contribution in [0.2, 0.25) is 0 Å². The molecule has 184 valence electrons. The molecule has 0 atom stereocenters. The molecule has 0 aromatic heterocycles. The van der Waals surface area contributed by atoms with Crippen molar-refractivity contribution in [3.05, 3.63) is 59.1 Å². The molecule has 1 saturated heterocycles. The van der Waals surface area contributed by atoms with Crippen LogP contribution in [0.25, 0.3) is 0 Å². The van der Waals surface area contributed by atoms with E-state index in [0.717, 1.165) is 49.2 Å². The number of hydrogen-bond donors (Lipinski definition) is 0. The number of likely N-dealkylation sites (tertiary alicyclic amines) is 1. The van der Waals surface area contributed by atoms with Crippen molar-refractivity contribution in [2.75, 3.05) is 31.1 Å². The highest BCUT2D eigenvalue weighted by atomic mass is 16.6. The van der Waals surface area contributed by atoms with Gasteiger partial charge in [-0.1, -0.05) is 24.8 Å². The first kappa shape index (κ1) is 24.8. The zero-order chi connectivity index (χ0) is 24.8. The van der Waals surface area contributed by atoms with E-state index in [-0.39, 0.29) is 11.5 Å². The number of fused-ring (bicyclic) bond motifs is 2. The van der Waals surface area contributed by atoms with Gasteiger partial charge in [0.05, 0.1) is 30.3 Å². The molecule has 1 aromatic carbocycles. The van der Waals surface area contributed by atoms with Crippen LogP contribution in [-0.4, -0.2) is 42.9 Å². The van der Waals surface area contributed by atoms with Crippen LogP contribution in [0.15, 0.2) is 58.5 Å². The lowest BCUT2D eigenvalue weighted by atomic mass is 9.73. The van der Waals surface area contributed by atoms with Crippen LogP contribution in [0.1, 0.15) is 70.8 Å². The fourth-order valence-electron chi connectivity index (χ4n) is 5.71. The van der Waals surface area contributed by atoms with E-state index in [2.05, 4.69) is 54.5 Å². The molecule has 2 aliphatic heterocycles. The lowest BCUT2D eigenvalue weighted by Crippen LogP contribution is -2.62. The largest absolute Gasteiger partial charge is 0.450 e. The number of nitriles is 1. The third-order valence-electron chi connectivity index (χ3n) is 7.33. The lowest BCUT2D eigenvalue weighted by Gasteiger charge is -2.48. The van der Waals surface area contributed by atoms with Crippen LogP contribution >= 0.6 is 0 Å². The minimum absolute atomic E-state index is 0.262. The molecule has 2 heterocycles. The maximum absolute atomic E-state index is 12.3. The van der Waals surface area contributed by atoms with Gasteiger partial charge in [0.25, 0.3) is 0 Å². The highest BCUT2D eigenvalue weighted by Crippen LogP contribution is 2.52. The minimum atomic E-state index is -0.290. The average molecular weight is 473 g/mol. The molecule has 6 heteroatoms. The number of carbonyl (C=O) groups excluding carboxylic acids is 1. The van der Waals surface area contributed by atoms with Crippen LogP contribution in [0.5, 0.6) is 0 Å². The molecule has 1 fully saturated rings. The fraction of sp³-hybridized carbons (Fsp3) is 0.517. The quantitative estimate of drug-likeness (QED) is 0.254. The number of amides is 1. The van der Waals surface area contributed by atoms with E-state index in [0.29, 0.717) is 32.7 Å². The summed E-state index contributed by atoms with van der Waals surface area (Å²) in [4.78, 5) is 21.5. The number of carbonyl (C=O) groups is 1. The molecule has 0 bridgehead atoms. The number of rotatable bonds is 8. The monoisotopic (exact) mass is 472 g/mol. The zero-order valence-electron chi connectivity index (χ0n) is 21.1. The number of unbranched alkanes of at least 4 members (excludes halogenated alkanes) is 2. The highest BCUT2D eigenvalue weighted by Gasteiger charge is 2.56. The summed E-state index contributed by atoms with van der Waals surface area (Å²) in [5.74, 6) is 0. The van der Waals surface area contributed by atoms with Gasteiger partial charge in [0, 0.05) is 36.6 Å². The standard InChI is InChI=1S/C29H36N4O2/c1-4-27-29(20-32(21-29)28(34)35-5-2)24-15-9-11-17-26(24)33(27)19-22(3)31-25-16-10-8-14-23(25)13-7-6-12-18-30/h9,11,15,17H,1,5-8,10,12-14,16,19-21H2,2-3H3. The van der Waals surface area contributed by atoms with Crippen molar-refractivity contribution in [3.8, 4) is 6.07 Å². The lowest BCUT2D eigenvalue weighted by molar-refractivity contribution is 0.0537. The maximum Gasteiger partial charge on any atom is 0.409 e. The van der Waals surface area contributed by atoms with E-state index < -0.39 is 0 Å². The summed E-state index contributed by atoms with van der Waals surface area (Å²) in [6.07, 6.45) is 8.00. The van der Waals surface area contributed by atoms with Crippen LogP contribution in [0.4, 0.5) is 10.5 Å². The Labute approximate surface area is 209 Å². The first-order valence-corrected chi connectivity index (χ1v) is 12.9. The van der Waals surface area contributed by atoms with Crippen molar-refractivity contribution in [2.24, 2.45) is 4.99 Å². The van der Waals surface area contributed by atoms with Crippen LogP contribution in [-0.2, 0) is 10.2 Å². The molecular formula is C29H36N4O2. The zero-order valence-corrected chi connectivity index (χ0v) is 21.1. The van der Waals surface area contributed by atoms with Crippen molar-refractivity contribution in [1.29, 1.82) is 5.26 Å².